The Bertz CT molecular complexity index is 672. The highest BCUT2D eigenvalue weighted by atomic mass is 16.6. The molecule has 1 aromatic heterocycles. The largest absolute Gasteiger partial charge is 0.439 e. The molecule has 102 valence electrons. The van der Waals surface area contributed by atoms with Gasteiger partial charge in [-0.2, -0.15) is 0 Å². The number of pyridine rings is 1. The zero-order chi connectivity index (χ0) is 14.5. The molecule has 2 aromatic rings. The van der Waals surface area contributed by atoms with Crippen LogP contribution >= 0.6 is 0 Å². The zero-order valence-corrected chi connectivity index (χ0v) is 10.1. The Morgan fingerprint density at radius 1 is 1.40 bits per heavy atom. The van der Waals surface area contributed by atoms with Crippen molar-refractivity contribution in [1.82, 2.24) is 4.98 Å². The summed E-state index contributed by atoms with van der Waals surface area (Å²) in [5.74, 6) is 0.356. The van der Waals surface area contributed by atoms with Gasteiger partial charge in [0.2, 0.25) is 5.88 Å². The summed E-state index contributed by atoms with van der Waals surface area (Å²) in [5.41, 5.74) is 5.78. The summed E-state index contributed by atoms with van der Waals surface area (Å²) in [6, 6.07) is 8.68. The molecule has 0 aliphatic carbocycles. The maximum absolute atomic E-state index is 10.7. The van der Waals surface area contributed by atoms with Gasteiger partial charge >= 0.3 is 0 Å². The van der Waals surface area contributed by atoms with Gasteiger partial charge in [0.05, 0.1) is 11.0 Å². The van der Waals surface area contributed by atoms with Gasteiger partial charge < -0.3 is 15.7 Å². The third-order valence-electron chi connectivity index (χ3n) is 2.39. The van der Waals surface area contributed by atoms with Crippen LogP contribution in [0, 0.1) is 10.1 Å². The summed E-state index contributed by atoms with van der Waals surface area (Å²) in [5, 5.41) is 22.1. The van der Waals surface area contributed by atoms with Crippen molar-refractivity contribution in [2.45, 2.75) is 0 Å². The standard InChI is InChI=1S/C12H10N4O4/c13-12(15-17)8-4-5-14-11(6-8)20-10-3-1-2-9(7-10)16(18)19/h1-7,17H,(H2,13,15). The van der Waals surface area contributed by atoms with Crippen molar-refractivity contribution in [1.29, 1.82) is 0 Å². The van der Waals surface area contributed by atoms with E-state index in [0.29, 0.717) is 5.56 Å². The number of ether oxygens (including phenoxy) is 1. The van der Waals surface area contributed by atoms with E-state index < -0.39 is 4.92 Å². The minimum atomic E-state index is -0.521. The highest BCUT2D eigenvalue weighted by Crippen LogP contribution is 2.24. The van der Waals surface area contributed by atoms with Crippen molar-refractivity contribution < 1.29 is 14.9 Å². The fourth-order valence-electron chi connectivity index (χ4n) is 1.46. The number of hydrogen-bond acceptors (Lipinski definition) is 6. The van der Waals surface area contributed by atoms with Gasteiger partial charge in [-0.25, -0.2) is 4.98 Å². The van der Waals surface area contributed by atoms with Crippen molar-refractivity contribution >= 4 is 11.5 Å². The summed E-state index contributed by atoms with van der Waals surface area (Å²) in [6.45, 7) is 0. The lowest BCUT2D eigenvalue weighted by Gasteiger charge is -2.05. The van der Waals surface area contributed by atoms with Gasteiger partial charge in [-0.15, -0.1) is 0 Å². The Morgan fingerprint density at radius 2 is 2.20 bits per heavy atom. The molecule has 0 atom stereocenters. The molecule has 0 aliphatic heterocycles. The number of benzene rings is 1. The maximum atomic E-state index is 10.7. The highest BCUT2D eigenvalue weighted by Gasteiger charge is 2.08. The smallest absolute Gasteiger partial charge is 0.273 e. The highest BCUT2D eigenvalue weighted by molar-refractivity contribution is 5.97. The molecule has 0 saturated heterocycles. The predicted octanol–water partition coefficient (Wildman–Crippen LogP) is 1.88. The fourth-order valence-corrected chi connectivity index (χ4v) is 1.46. The van der Waals surface area contributed by atoms with E-state index >= 15 is 0 Å². The number of non-ortho nitro benzene ring substituents is 1. The molecule has 0 aliphatic rings. The van der Waals surface area contributed by atoms with Crippen LogP contribution in [0.4, 0.5) is 5.69 Å². The van der Waals surface area contributed by atoms with E-state index in [-0.39, 0.29) is 23.2 Å². The first-order chi connectivity index (χ1) is 9.60. The monoisotopic (exact) mass is 274 g/mol. The van der Waals surface area contributed by atoms with Crippen molar-refractivity contribution in [3.8, 4) is 11.6 Å². The van der Waals surface area contributed by atoms with E-state index in [0.717, 1.165) is 0 Å². The molecule has 0 amide bonds. The number of nitro benzene ring substituents is 1. The molecule has 8 heteroatoms. The summed E-state index contributed by atoms with van der Waals surface area (Å²) < 4.78 is 5.40. The molecule has 0 radical (unpaired) electrons. The average molecular weight is 274 g/mol. The van der Waals surface area contributed by atoms with Gasteiger partial charge in [0.15, 0.2) is 5.84 Å². The average Bonchev–Trinajstić information content (AvgIpc) is 2.47. The van der Waals surface area contributed by atoms with Gasteiger partial charge in [-0.05, 0) is 12.1 Å². The molecule has 20 heavy (non-hydrogen) atoms. The third-order valence-corrected chi connectivity index (χ3v) is 2.39. The number of aromatic nitrogens is 1. The normalized spacial score (nSPS) is 11.1. The van der Waals surface area contributed by atoms with E-state index in [4.69, 9.17) is 15.7 Å². The molecule has 1 heterocycles. The Hall–Kier alpha value is -3.16. The first kappa shape index (κ1) is 13.3. The number of amidine groups is 1. The van der Waals surface area contributed by atoms with Crippen molar-refractivity contribution in [3.05, 3.63) is 58.3 Å². The molecular weight excluding hydrogens is 264 g/mol. The molecule has 8 nitrogen and oxygen atoms in total. The van der Waals surface area contributed by atoms with E-state index in [1.54, 1.807) is 6.07 Å². The molecule has 0 unspecified atom stereocenters. The molecule has 2 rings (SSSR count). The second-order valence-electron chi connectivity index (χ2n) is 3.72. The molecule has 3 N–H and O–H groups in total. The summed E-state index contributed by atoms with van der Waals surface area (Å²) in [4.78, 5) is 14.1. The lowest BCUT2D eigenvalue weighted by atomic mass is 10.2. The Balaban J connectivity index is 2.26. The van der Waals surface area contributed by atoms with Crippen LogP contribution in [0.3, 0.4) is 0 Å². The SMILES string of the molecule is N/C(=N\O)c1ccnc(Oc2cccc([N+](=O)[O-])c2)c1. The molecule has 0 bridgehead atoms. The predicted molar refractivity (Wildman–Crippen MR) is 69.9 cm³/mol. The van der Waals surface area contributed by atoms with Crippen LogP contribution in [-0.2, 0) is 0 Å². The minimum Gasteiger partial charge on any atom is -0.439 e. The van der Waals surface area contributed by atoms with Gasteiger partial charge in [0.1, 0.15) is 5.75 Å². The van der Waals surface area contributed by atoms with Gasteiger partial charge in [0, 0.05) is 23.9 Å². The third kappa shape index (κ3) is 2.99. The second kappa shape index (κ2) is 5.65. The van der Waals surface area contributed by atoms with E-state index in [9.17, 15) is 10.1 Å². The number of rotatable bonds is 4. The first-order valence-electron chi connectivity index (χ1n) is 5.46. The summed E-state index contributed by atoms with van der Waals surface area (Å²) in [6.07, 6.45) is 1.42. The van der Waals surface area contributed by atoms with Crippen LogP contribution in [0.1, 0.15) is 5.56 Å². The number of oxime groups is 1. The van der Waals surface area contributed by atoms with Crippen molar-refractivity contribution in [2.24, 2.45) is 10.9 Å². The van der Waals surface area contributed by atoms with E-state index in [1.807, 2.05) is 0 Å². The topological polar surface area (TPSA) is 124 Å². The van der Waals surface area contributed by atoms with Crippen LogP contribution in [0.5, 0.6) is 11.6 Å². The van der Waals surface area contributed by atoms with Gasteiger partial charge in [-0.1, -0.05) is 11.2 Å². The number of nitrogens with two attached hydrogens (primary N) is 1. The van der Waals surface area contributed by atoms with Crippen LogP contribution in [0.2, 0.25) is 0 Å². The summed E-state index contributed by atoms with van der Waals surface area (Å²) >= 11 is 0. The van der Waals surface area contributed by atoms with E-state index in [2.05, 4.69) is 10.1 Å². The van der Waals surface area contributed by atoms with Crippen LogP contribution in [0.15, 0.2) is 47.8 Å². The van der Waals surface area contributed by atoms with Crippen LogP contribution in [0.25, 0.3) is 0 Å². The van der Waals surface area contributed by atoms with Crippen LogP contribution in [-0.4, -0.2) is 21.0 Å². The molecule has 1 aromatic carbocycles. The Labute approximate surface area is 113 Å². The number of nitrogens with zero attached hydrogens (tertiary/aromatic N) is 3. The first-order valence-corrected chi connectivity index (χ1v) is 5.46. The molecule has 0 fully saturated rings. The molecular formula is C12H10N4O4. The lowest BCUT2D eigenvalue weighted by molar-refractivity contribution is -0.384. The van der Waals surface area contributed by atoms with E-state index in [1.165, 1.54) is 36.5 Å². The Kier molecular flexibility index (Phi) is 3.75. The van der Waals surface area contributed by atoms with Crippen molar-refractivity contribution in [2.75, 3.05) is 0 Å². The minimum absolute atomic E-state index is 0.0868. The fraction of sp³-hybridized carbons (Fsp3) is 0. The van der Waals surface area contributed by atoms with Gasteiger partial charge in [-0.3, -0.25) is 10.1 Å². The number of nitro groups is 1. The summed E-state index contributed by atoms with van der Waals surface area (Å²) in [7, 11) is 0. The van der Waals surface area contributed by atoms with Gasteiger partial charge in [0.25, 0.3) is 5.69 Å². The Morgan fingerprint density at radius 3 is 2.90 bits per heavy atom. The van der Waals surface area contributed by atoms with Crippen molar-refractivity contribution in [3.63, 3.8) is 0 Å². The number of hydrogen-bond donors (Lipinski definition) is 2. The van der Waals surface area contributed by atoms with Crippen LogP contribution < -0.4 is 10.5 Å². The quantitative estimate of drug-likeness (QED) is 0.288. The maximum Gasteiger partial charge on any atom is 0.273 e. The lowest BCUT2D eigenvalue weighted by Crippen LogP contribution is -2.13. The molecule has 0 saturated carbocycles. The second-order valence-corrected chi connectivity index (χ2v) is 3.72. The zero-order valence-electron chi connectivity index (χ0n) is 10.1. The molecule has 0 spiro atoms.